The summed E-state index contributed by atoms with van der Waals surface area (Å²) in [4.78, 5) is 14.7. The summed E-state index contributed by atoms with van der Waals surface area (Å²) >= 11 is 1.03. The van der Waals surface area contributed by atoms with Crippen molar-refractivity contribution in [3.63, 3.8) is 0 Å². The van der Waals surface area contributed by atoms with Crippen LogP contribution in [0.15, 0.2) is 18.2 Å². The minimum Gasteiger partial charge on any atom is -0.476 e. The van der Waals surface area contributed by atoms with Gasteiger partial charge in [0.2, 0.25) is 0 Å². The molecule has 0 aliphatic heterocycles. The molecule has 88 valence electrons. The second-order valence-corrected chi connectivity index (χ2v) is 4.53. The van der Waals surface area contributed by atoms with Crippen molar-refractivity contribution >= 4 is 22.3 Å². The van der Waals surface area contributed by atoms with E-state index in [9.17, 15) is 9.18 Å². The van der Waals surface area contributed by atoms with E-state index in [1.165, 1.54) is 6.07 Å². The van der Waals surface area contributed by atoms with E-state index in [4.69, 9.17) is 10.8 Å². The minimum absolute atomic E-state index is 0.119. The number of thiazole rings is 1. The molecule has 0 aliphatic carbocycles. The third-order valence-electron chi connectivity index (χ3n) is 2.27. The number of aromatic nitrogens is 1. The Kier molecular flexibility index (Phi) is 2.81. The highest BCUT2D eigenvalue weighted by Crippen LogP contribution is 2.30. The molecule has 0 aliphatic rings. The first-order valence-corrected chi connectivity index (χ1v) is 5.57. The van der Waals surface area contributed by atoms with Crippen molar-refractivity contribution in [2.45, 2.75) is 6.92 Å². The van der Waals surface area contributed by atoms with Crippen LogP contribution in [-0.2, 0) is 0 Å². The Labute approximate surface area is 101 Å². The number of nitrogen functional groups attached to an aromatic ring is 1. The van der Waals surface area contributed by atoms with Crippen molar-refractivity contribution < 1.29 is 14.3 Å². The molecule has 1 aromatic heterocycles. The zero-order valence-corrected chi connectivity index (χ0v) is 9.71. The molecule has 0 bridgehead atoms. The summed E-state index contributed by atoms with van der Waals surface area (Å²) in [6, 6.07) is 4.62. The second-order valence-electron chi connectivity index (χ2n) is 3.50. The van der Waals surface area contributed by atoms with Gasteiger partial charge in [-0.05, 0) is 18.6 Å². The van der Waals surface area contributed by atoms with Crippen LogP contribution >= 0.6 is 11.3 Å². The molecule has 0 saturated heterocycles. The summed E-state index contributed by atoms with van der Waals surface area (Å²) < 4.78 is 13.4. The molecule has 2 rings (SSSR count). The summed E-state index contributed by atoms with van der Waals surface area (Å²) in [5.41, 5.74) is 6.39. The molecule has 3 N–H and O–H groups in total. The number of rotatable bonds is 2. The Morgan fingerprint density at radius 3 is 2.76 bits per heavy atom. The number of aryl methyl sites for hydroxylation is 1. The number of carboxylic acid groups (broad SMARTS) is 1. The number of carbonyl (C=O) groups is 1. The monoisotopic (exact) mass is 252 g/mol. The molecule has 0 unspecified atom stereocenters. The molecule has 1 heterocycles. The van der Waals surface area contributed by atoms with E-state index in [1.807, 2.05) is 0 Å². The summed E-state index contributed by atoms with van der Waals surface area (Å²) in [5, 5.41) is 9.34. The van der Waals surface area contributed by atoms with Gasteiger partial charge in [0, 0.05) is 5.56 Å². The molecule has 17 heavy (non-hydrogen) atoms. The molecule has 0 spiro atoms. The van der Waals surface area contributed by atoms with E-state index in [-0.39, 0.29) is 16.5 Å². The van der Waals surface area contributed by atoms with Crippen LogP contribution in [0.1, 0.15) is 16.1 Å². The normalized spacial score (nSPS) is 10.5. The van der Waals surface area contributed by atoms with Crippen molar-refractivity contribution in [2.75, 3.05) is 5.73 Å². The van der Waals surface area contributed by atoms with Crippen LogP contribution in [0.25, 0.3) is 10.6 Å². The van der Waals surface area contributed by atoms with Crippen LogP contribution in [0.5, 0.6) is 0 Å². The molecule has 4 nitrogen and oxygen atoms in total. The van der Waals surface area contributed by atoms with Crippen molar-refractivity contribution in [2.24, 2.45) is 0 Å². The number of nitrogens with two attached hydrogens (primary N) is 1. The van der Waals surface area contributed by atoms with Gasteiger partial charge in [-0.25, -0.2) is 14.2 Å². The van der Waals surface area contributed by atoms with Crippen molar-refractivity contribution in [3.8, 4) is 10.6 Å². The molecule has 0 radical (unpaired) electrons. The van der Waals surface area contributed by atoms with Gasteiger partial charge in [0.25, 0.3) is 0 Å². The first-order chi connectivity index (χ1) is 7.99. The van der Waals surface area contributed by atoms with Crippen LogP contribution < -0.4 is 5.73 Å². The number of aromatic carboxylic acids is 1. The summed E-state index contributed by atoms with van der Waals surface area (Å²) in [7, 11) is 0. The molecule has 6 heteroatoms. The lowest BCUT2D eigenvalue weighted by Gasteiger charge is -1.98. The SMILES string of the molecule is Cc1ccc(-c2nc(C(=O)O)c(N)s2)cc1F. The van der Waals surface area contributed by atoms with Gasteiger partial charge in [0.1, 0.15) is 15.8 Å². The number of nitrogens with zero attached hydrogens (tertiary/aromatic N) is 1. The van der Waals surface area contributed by atoms with Crippen LogP contribution in [0.4, 0.5) is 9.39 Å². The van der Waals surface area contributed by atoms with Crippen molar-refractivity contribution in [1.82, 2.24) is 4.98 Å². The number of hydrogen-bond acceptors (Lipinski definition) is 4. The van der Waals surface area contributed by atoms with Crippen LogP contribution in [0, 0.1) is 12.7 Å². The Balaban J connectivity index is 2.50. The van der Waals surface area contributed by atoms with Gasteiger partial charge >= 0.3 is 5.97 Å². The summed E-state index contributed by atoms with van der Waals surface area (Å²) in [6.07, 6.45) is 0. The largest absolute Gasteiger partial charge is 0.476 e. The highest BCUT2D eigenvalue weighted by Gasteiger charge is 2.16. The van der Waals surface area contributed by atoms with Gasteiger partial charge in [-0.1, -0.05) is 23.5 Å². The molecular formula is C11H9FN2O2S. The fourth-order valence-corrected chi connectivity index (χ4v) is 2.15. The third-order valence-corrected chi connectivity index (χ3v) is 3.21. The van der Waals surface area contributed by atoms with Crippen LogP contribution in [0.2, 0.25) is 0 Å². The van der Waals surface area contributed by atoms with Gasteiger partial charge in [-0.3, -0.25) is 0 Å². The standard InChI is InChI=1S/C11H9FN2O2S/c1-5-2-3-6(4-7(5)12)10-14-8(11(15)16)9(13)17-10/h2-4H,13H2,1H3,(H,15,16). The quantitative estimate of drug-likeness (QED) is 0.861. The molecule has 0 saturated carbocycles. The number of halogens is 1. The molecular weight excluding hydrogens is 243 g/mol. The maximum Gasteiger partial charge on any atom is 0.357 e. The van der Waals surface area contributed by atoms with Crippen molar-refractivity contribution in [3.05, 3.63) is 35.3 Å². The highest BCUT2D eigenvalue weighted by atomic mass is 32.1. The minimum atomic E-state index is -1.18. The van der Waals surface area contributed by atoms with E-state index >= 15 is 0 Å². The second kappa shape index (κ2) is 4.14. The number of carboxylic acids is 1. The number of anilines is 1. The maximum atomic E-state index is 13.4. The topological polar surface area (TPSA) is 76.2 Å². The average molecular weight is 252 g/mol. The lowest BCUT2D eigenvalue weighted by molar-refractivity contribution is 0.0692. The zero-order valence-electron chi connectivity index (χ0n) is 8.90. The predicted octanol–water partition coefficient (Wildman–Crippen LogP) is 2.54. The van der Waals surface area contributed by atoms with Gasteiger partial charge in [-0.15, -0.1) is 0 Å². The predicted molar refractivity (Wildman–Crippen MR) is 63.6 cm³/mol. The molecule has 2 aromatic rings. The first kappa shape index (κ1) is 11.5. The number of hydrogen-bond donors (Lipinski definition) is 2. The fourth-order valence-electron chi connectivity index (χ4n) is 1.33. The lowest BCUT2D eigenvalue weighted by atomic mass is 10.1. The van der Waals surface area contributed by atoms with E-state index < -0.39 is 5.97 Å². The van der Waals surface area contributed by atoms with Gasteiger partial charge in [0.15, 0.2) is 5.69 Å². The van der Waals surface area contributed by atoms with Crippen LogP contribution in [0.3, 0.4) is 0 Å². The van der Waals surface area contributed by atoms with Crippen molar-refractivity contribution in [1.29, 1.82) is 0 Å². The molecule has 0 atom stereocenters. The van der Waals surface area contributed by atoms with Gasteiger partial charge in [0.05, 0.1) is 0 Å². The van der Waals surface area contributed by atoms with E-state index in [0.29, 0.717) is 16.1 Å². The Bertz CT molecular complexity index is 595. The summed E-state index contributed by atoms with van der Waals surface area (Å²) in [5.74, 6) is -1.54. The van der Waals surface area contributed by atoms with Gasteiger partial charge < -0.3 is 10.8 Å². The molecule has 0 fully saturated rings. The van der Waals surface area contributed by atoms with Crippen LogP contribution in [-0.4, -0.2) is 16.1 Å². The first-order valence-electron chi connectivity index (χ1n) is 4.75. The Hall–Kier alpha value is -1.95. The zero-order chi connectivity index (χ0) is 12.6. The third kappa shape index (κ3) is 2.12. The number of benzene rings is 1. The Morgan fingerprint density at radius 1 is 1.53 bits per heavy atom. The molecule has 0 amide bonds. The molecule has 1 aromatic carbocycles. The smallest absolute Gasteiger partial charge is 0.357 e. The Morgan fingerprint density at radius 2 is 2.24 bits per heavy atom. The van der Waals surface area contributed by atoms with E-state index in [2.05, 4.69) is 4.98 Å². The summed E-state index contributed by atoms with van der Waals surface area (Å²) in [6.45, 7) is 1.65. The van der Waals surface area contributed by atoms with E-state index in [0.717, 1.165) is 11.3 Å². The maximum absolute atomic E-state index is 13.4. The average Bonchev–Trinajstić information content (AvgIpc) is 2.64. The van der Waals surface area contributed by atoms with Gasteiger partial charge in [-0.2, -0.15) is 0 Å². The fraction of sp³-hybridized carbons (Fsp3) is 0.0909. The highest BCUT2D eigenvalue weighted by molar-refractivity contribution is 7.19. The lowest BCUT2D eigenvalue weighted by Crippen LogP contribution is -2.00. The van der Waals surface area contributed by atoms with E-state index in [1.54, 1.807) is 19.1 Å².